The number of hydrogen-bond acceptors (Lipinski definition) is 2. The maximum absolute atomic E-state index is 13.3. The molecule has 2 unspecified atom stereocenters. The van der Waals surface area contributed by atoms with E-state index in [0.717, 1.165) is 36.8 Å². The fraction of sp³-hybridized carbons (Fsp3) is 0.391. The Kier molecular flexibility index (Phi) is 5.42. The second kappa shape index (κ2) is 8.13. The molecular weight excluding hydrogens is 355 g/mol. The van der Waals surface area contributed by atoms with Crippen molar-refractivity contribution in [3.63, 3.8) is 0 Å². The Labute approximate surface area is 164 Å². The maximum Gasteiger partial charge on any atom is 0.226 e. The number of nitrogens with zero attached hydrogens (tertiary/aromatic N) is 1. The Bertz CT molecular complexity index is 851. The molecule has 5 heteroatoms. The van der Waals surface area contributed by atoms with Crippen LogP contribution in [-0.4, -0.2) is 23.3 Å². The molecule has 0 radical (unpaired) electrons. The van der Waals surface area contributed by atoms with Gasteiger partial charge in [-0.1, -0.05) is 42.5 Å². The van der Waals surface area contributed by atoms with Gasteiger partial charge in [0.05, 0.1) is 12.0 Å². The Balaban J connectivity index is 1.43. The van der Waals surface area contributed by atoms with E-state index in [0.29, 0.717) is 13.1 Å². The number of hydrogen-bond donors (Lipinski definition) is 1. The van der Waals surface area contributed by atoms with Gasteiger partial charge in [0.25, 0.3) is 0 Å². The average molecular weight is 380 g/mol. The van der Waals surface area contributed by atoms with Crippen LogP contribution in [-0.2, 0) is 16.1 Å². The molecule has 1 saturated carbocycles. The molecule has 4 rings (SSSR count). The highest BCUT2D eigenvalue weighted by Gasteiger charge is 2.41. The number of halogens is 1. The van der Waals surface area contributed by atoms with Crippen molar-refractivity contribution in [2.75, 3.05) is 6.54 Å². The lowest BCUT2D eigenvalue weighted by Crippen LogP contribution is -2.47. The quantitative estimate of drug-likeness (QED) is 0.857. The molecule has 1 saturated heterocycles. The van der Waals surface area contributed by atoms with E-state index in [-0.39, 0.29) is 35.5 Å². The molecule has 0 aromatic heterocycles. The van der Waals surface area contributed by atoms with Crippen molar-refractivity contribution in [1.82, 2.24) is 10.2 Å². The number of amides is 2. The molecule has 4 nitrogen and oxygen atoms in total. The minimum absolute atomic E-state index is 0.0431. The lowest BCUT2D eigenvalue weighted by molar-refractivity contribution is -0.140. The third-order valence-corrected chi connectivity index (χ3v) is 5.70. The Morgan fingerprint density at radius 3 is 2.43 bits per heavy atom. The van der Waals surface area contributed by atoms with Crippen LogP contribution >= 0.6 is 0 Å². The first-order valence-electron chi connectivity index (χ1n) is 9.99. The number of carbonyl (C=O) groups is 2. The van der Waals surface area contributed by atoms with Gasteiger partial charge < -0.3 is 10.2 Å². The Morgan fingerprint density at radius 1 is 0.964 bits per heavy atom. The number of nitrogens with one attached hydrogen (secondary N) is 1. The zero-order chi connectivity index (χ0) is 19.5. The topological polar surface area (TPSA) is 49.4 Å². The predicted molar refractivity (Wildman–Crippen MR) is 105 cm³/mol. The zero-order valence-electron chi connectivity index (χ0n) is 15.8. The number of benzene rings is 2. The first-order valence-corrected chi connectivity index (χ1v) is 9.99. The summed E-state index contributed by atoms with van der Waals surface area (Å²) in [6, 6.07) is 16.4. The molecule has 28 heavy (non-hydrogen) atoms. The van der Waals surface area contributed by atoms with Gasteiger partial charge in [0.15, 0.2) is 0 Å². The minimum atomic E-state index is -0.309. The van der Waals surface area contributed by atoms with Crippen LogP contribution < -0.4 is 5.32 Å². The van der Waals surface area contributed by atoms with Gasteiger partial charge in [-0.15, -0.1) is 0 Å². The molecule has 1 aliphatic heterocycles. The van der Waals surface area contributed by atoms with Gasteiger partial charge in [0.2, 0.25) is 11.8 Å². The molecule has 1 heterocycles. The fourth-order valence-electron chi connectivity index (χ4n) is 4.00. The highest BCUT2D eigenvalue weighted by molar-refractivity contribution is 5.84. The fourth-order valence-corrected chi connectivity index (χ4v) is 4.00. The first-order chi connectivity index (χ1) is 13.6. The van der Waals surface area contributed by atoms with E-state index in [1.807, 2.05) is 23.1 Å². The van der Waals surface area contributed by atoms with Crippen LogP contribution in [0.2, 0.25) is 0 Å². The third kappa shape index (κ3) is 4.24. The van der Waals surface area contributed by atoms with Gasteiger partial charge in [-0.2, -0.15) is 0 Å². The molecule has 2 amide bonds. The lowest BCUT2D eigenvalue weighted by Gasteiger charge is -2.39. The largest absolute Gasteiger partial charge is 0.352 e. The molecule has 2 aromatic rings. The zero-order valence-corrected chi connectivity index (χ0v) is 15.8. The van der Waals surface area contributed by atoms with Gasteiger partial charge >= 0.3 is 0 Å². The van der Waals surface area contributed by atoms with Crippen molar-refractivity contribution in [3.8, 4) is 0 Å². The molecule has 1 aliphatic carbocycles. The highest BCUT2D eigenvalue weighted by atomic mass is 19.1. The van der Waals surface area contributed by atoms with Gasteiger partial charge in [0.1, 0.15) is 5.82 Å². The number of carbonyl (C=O) groups excluding carboxylic acids is 2. The van der Waals surface area contributed by atoms with Gasteiger partial charge in [-0.25, -0.2) is 4.39 Å². The minimum Gasteiger partial charge on any atom is -0.352 e. The van der Waals surface area contributed by atoms with Crippen LogP contribution in [0, 0.1) is 17.7 Å². The molecule has 0 bridgehead atoms. The summed E-state index contributed by atoms with van der Waals surface area (Å²) in [6.45, 7) is 0.746. The summed E-state index contributed by atoms with van der Waals surface area (Å²) in [5.74, 6) is -0.297. The molecular formula is C23H25FN2O2. The van der Waals surface area contributed by atoms with E-state index in [1.54, 1.807) is 12.1 Å². The molecule has 2 atom stereocenters. The summed E-state index contributed by atoms with van der Waals surface area (Å²) >= 11 is 0. The van der Waals surface area contributed by atoms with Crippen molar-refractivity contribution >= 4 is 11.8 Å². The van der Waals surface area contributed by atoms with E-state index in [4.69, 9.17) is 0 Å². The molecule has 1 N–H and O–H groups in total. The number of rotatable bonds is 5. The van der Waals surface area contributed by atoms with Crippen molar-refractivity contribution in [1.29, 1.82) is 0 Å². The number of piperidine rings is 1. The summed E-state index contributed by atoms with van der Waals surface area (Å²) < 4.78 is 13.3. The Morgan fingerprint density at radius 2 is 1.71 bits per heavy atom. The summed E-state index contributed by atoms with van der Waals surface area (Å²) in [6.07, 6.45) is 3.42. The van der Waals surface area contributed by atoms with E-state index >= 15 is 0 Å². The molecule has 2 aliphatic rings. The monoisotopic (exact) mass is 380 g/mol. The van der Waals surface area contributed by atoms with Crippen LogP contribution in [0.15, 0.2) is 54.6 Å². The van der Waals surface area contributed by atoms with Crippen LogP contribution in [0.25, 0.3) is 0 Å². The Hall–Kier alpha value is -2.69. The van der Waals surface area contributed by atoms with Crippen molar-refractivity contribution < 1.29 is 14.0 Å². The molecule has 2 fully saturated rings. The standard InChI is InChI=1S/C23H25FN2O2/c24-20-8-4-5-16(13-20)14-25-22(27)19-11-12-21(17-6-2-1-3-7-17)26(15-19)23(28)18-9-10-18/h1-8,13,18-19,21H,9-12,14-15H2,(H,25,27). The van der Waals surface area contributed by atoms with Crippen LogP contribution in [0.3, 0.4) is 0 Å². The molecule has 2 aromatic carbocycles. The van der Waals surface area contributed by atoms with Gasteiger partial charge in [0, 0.05) is 19.0 Å². The van der Waals surface area contributed by atoms with Crippen molar-refractivity contribution in [3.05, 3.63) is 71.5 Å². The normalized spacial score (nSPS) is 22.0. The van der Waals surface area contributed by atoms with Crippen molar-refractivity contribution in [2.45, 2.75) is 38.3 Å². The maximum atomic E-state index is 13.3. The van der Waals surface area contributed by atoms with Gasteiger partial charge in [-0.05, 0) is 48.9 Å². The van der Waals surface area contributed by atoms with Crippen LogP contribution in [0.1, 0.15) is 42.9 Å². The number of likely N-dealkylation sites (tertiary alicyclic amines) is 1. The van der Waals surface area contributed by atoms with E-state index in [1.165, 1.54) is 12.1 Å². The summed E-state index contributed by atoms with van der Waals surface area (Å²) in [5.41, 5.74) is 1.87. The van der Waals surface area contributed by atoms with Crippen LogP contribution in [0.4, 0.5) is 4.39 Å². The van der Waals surface area contributed by atoms with E-state index in [9.17, 15) is 14.0 Å². The molecule has 0 spiro atoms. The van der Waals surface area contributed by atoms with E-state index < -0.39 is 0 Å². The molecule has 146 valence electrons. The highest BCUT2D eigenvalue weighted by Crippen LogP contribution is 2.39. The lowest BCUT2D eigenvalue weighted by atomic mass is 9.88. The second-order valence-corrected chi connectivity index (χ2v) is 7.81. The van der Waals surface area contributed by atoms with Crippen molar-refractivity contribution in [2.24, 2.45) is 11.8 Å². The van der Waals surface area contributed by atoms with Crippen LogP contribution in [0.5, 0.6) is 0 Å². The predicted octanol–water partition coefficient (Wildman–Crippen LogP) is 3.83. The first kappa shape index (κ1) is 18.7. The average Bonchev–Trinajstić information content (AvgIpc) is 3.57. The third-order valence-electron chi connectivity index (χ3n) is 5.70. The van der Waals surface area contributed by atoms with Gasteiger partial charge in [-0.3, -0.25) is 9.59 Å². The smallest absolute Gasteiger partial charge is 0.226 e. The summed E-state index contributed by atoms with van der Waals surface area (Å²) in [7, 11) is 0. The SMILES string of the molecule is O=C(NCc1cccc(F)c1)C1CCC(c2ccccc2)N(C(=O)C2CC2)C1. The second-order valence-electron chi connectivity index (χ2n) is 7.81. The van der Waals surface area contributed by atoms with E-state index in [2.05, 4.69) is 17.4 Å². The summed E-state index contributed by atoms with van der Waals surface area (Å²) in [4.78, 5) is 27.5. The summed E-state index contributed by atoms with van der Waals surface area (Å²) in [5, 5.41) is 2.91.